The zero-order chi connectivity index (χ0) is 11.6. The summed E-state index contributed by atoms with van der Waals surface area (Å²) >= 11 is 0. The Hall–Kier alpha value is -1.07. The fraction of sp³-hybridized carbons (Fsp3) is 0.400. The van der Waals surface area contributed by atoms with Crippen LogP contribution in [0.4, 0.5) is 0 Å². The standard InChI is InChI=1S/C10H15NO3S/c1-7-4-9(14-3)10(5-8(7)2)15(12,13)6-11/h4-5H,6,11H2,1-3H3. The predicted molar refractivity (Wildman–Crippen MR) is 58.7 cm³/mol. The molecule has 84 valence electrons. The summed E-state index contributed by atoms with van der Waals surface area (Å²) in [5.74, 6) is -0.0603. The van der Waals surface area contributed by atoms with E-state index in [2.05, 4.69) is 0 Å². The Balaban J connectivity index is 3.48. The molecule has 2 N–H and O–H groups in total. The van der Waals surface area contributed by atoms with Crippen molar-refractivity contribution >= 4 is 9.84 Å². The fourth-order valence-corrected chi connectivity index (χ4v) is 2.24. The molecule has 0 aromatic heterocycles. The Bertz CT molecular complexity index is 466. The minimum Gasteiger partial charge on any atom is -0.495 e. The van der Waals surface area contributed by atoms with Crippen LogP contribution in [0, 0.1) is 13.8 Å². The lowest BCUT2D eigenvalue weighted by atomic mass is 10.1. The Kier molecular flexibility index (Phi) is 3.36. The molecule has 0 aliphatic rings. The number of ether oxygens (including phenoxy) is 1. The molecule has 4 nitrogen and oxygen atoms in total. The van der Waals surface area contributed by atoms with E-state index in [-0.39, 0.29) is 4.90 Å². The molecule has 0 radical (unpaired) electrons. The van der Waals surface area contributed by atoms with Gasteiger partial charge >= 0.3 is 0 Å². The maximum absolute atomic E-state index is 11.6. The zero-order valence-electron chi connectivity index (χ0n) is 9.07. The van der Waals surface area contributed by atoms with Crippen LogP contribution in [0.1, 0.15) is 11.1 Å². The van der Waals surface area contributed by atoms with Crippen molar-refractivity contribution < 1.29 is 13.2 Å². The van der Waals surface area contributed by atoms with Crippen molar-refractivity contribution in [2.45, 2.75) is 18.7 Å². The molecule has 5 heteroatoms. The van der Waals surface area contributed by atoms with Gasteiger partial charge in [-0.2, -0.15) is 0 Å². The van der Waals surface area contributed by atoms with E-state index in [9.17, 15) is 8.42 Å². The highest BCUT2D eigenvalue weighted by Gasteiger charge is 2.18. The maximum atomic E-state index is 11.6. The number of rotatable bonds is 3. The lowest BCUT2D eigenvalue weighted by Crippen LogP contribution is -2.15. The molecule has 1 aromatic carbocycles. The van der Waals surface area contributed by atoms with Crippen LogP contribution in [-0.4, -0.2) is 21.4 Å². The normalized spacial score (nSPS) is 11.5. The molecule has 0 spiro atoms. The van der Waals surface area contributed by atoms with Crippen LogP contribution in [0.25, 0.3) is 0 Å². The Morgan fingerprint density at radius 1 is 1.27 bits per heavy atom. The molecule has 0 unspecified atom stereocenters. The van der Waals surface area contributed by atoms with Crippen molar-refractivity contribution in [2.75, 3.05) is 13.0 Å². The Morgan fingerprint density at radius 2 is 1.80 bits per heavy atom. The van der Waals surface area contributed by atoms with Crippen molar-refractivity contribution in [3.63, 3.8) is 0 Å². The number of aryl methyl sites for hydroxylation is 2. The third-order valence-electron chi connectivity index (χ3n) is 2.33. The lowest BCUT2D eigenvalue weighted by Gasteiger charge is -2.11. The third kappa shape index (κ3) is 2.30. The van der Waals surface area contributed by atoms with Crippen LogP contribution >= 0.6 is 0 Å². The maximum Gasteiger partial charge on any atom is 0.194 e. The Morgan fingerprint density at radius 3 is 2.27 bits per heavy atom. The highest BCUT2D eigenvalue weighted by molar-refractivity contribution is 7.91. The molecule has 1 aromatic rings. The summed E-state index contributed by atoms with van der Waals surface area (Å²) in [6.45, 7) is 3.75. The summed E-state index contributed by atoms with van der Waals surface area (Å²) in [5, 5.41) is 0. The molecule has 0 aliphatic carbocycles. The first-order valence-corrected chi connectivity index (χ1v) is 6.15. The van der Waals surface area contributed by atoms with Crippen molar-refractivity contribution in [3.8, 4) is 5.75 Å². The molecule has 0 saturated carbocycles. The highest BCUT2D eigenvalue weighted by atomic mass is 32.2. The monoisotopic (exact) mass is 229 g/mol. The van der Waals surface area contributed by atoms with Gasteiger partial charge in [-0.15, -0.1) is 0 Å². The van der Waals surface area contributed by atoms with Gasteiger partial charge in [0.15, 0.2) is 9.84 Å². The summed E-state index contributed by atoms with van der Waals surface area (Å²) in [6, 6.07) is 3.30. The number of benzene rings is 1. The Labute approximate surface area is 90.0 Å². The van der Waals surface area contributed by atoms with Gasteiger partial charge < -0.3 is 10.5 Å². The van der Waals surface area contributed by atoms with Gasteiger partial charge in [0.05, 0.1) is 7.11 Å². The van der Waals surface area contributed by atoms with Crippen molar-refractivity contribution in [3.05, 3.63) is 23.3 Å². The van der Waals surface area contributed by atoms with E-state index < -0.39 is 15.7 Å². The molecule has 0 bridgehead atoms. The first-order chi connectivity index (χ1) is 6.92. The molecule has 0 saturated heterocycles. The van der Waals surface area contributed by atoms with Gasteiger partial charge in [-0.25, -0.2) is 8.42 Å². The molecule has 0 amide bonds. The van der Waals surface area contributed by atoms with Crippen LogP contribution < -0.4 is 10.5 Å². The molecule has 15 heavy (non-hydrogen) atoms. The molecule has 0 heterocycles. The van der Waals surface area contributed by atoms with Gasteiger partial charge in [-0.3, -0.25) is 0 Å². The minimum absolute atomic E-state index is 0.163. The molecular formula is C10H15NO3S. The van der Waals surface area contributed by atoms with E-state index >= 15 is 0 Å². The summed E-state index contributed by atoms with van der Waals surface area (Å²) < 4.78 is 28.3. The van der Waals surface area contributed by atoms with Gasteiger partial charge in [-0.05, 0) is 37.1 Å². The SMILES string of the molecule is COc1cc(C)c(C)cc1S(=O)(=O)CN. The average molecular weight is 229 g/mol. The third-order valence-corrected chi connectivity index (χ3v) is 3.76. The highest BCUT2D eigenvalue weighted by Crippen LogP contribution is 2.27. The summed E-state index contributed by atoms with van der Waals surface area (Å²) in [7, 11) is -1.98. The minimum atomic E-state index is -3.43. The smallest absolute Gasteiger partial charge is 0.194 e. The van der Waals surface area contributed by atoms with Crippen molar-refractivity contribution in [1.29, 1.82) is 0 Å². The van der Waals surface area contributed by atoms with E-state index in [1.54, 1.807) is 12.1 Å². The summed E-state index contributed by atoms with van der Waals surface area (Å²) in [5.41, 5.74) is 7.10. The molecule has 0 aliphatic heterocycles. The predicted octanol–water partition coefficient (Wildman–Crippen LogP) is 1.00. The van der Waals surface area contributed by atoms with Crippen LogP contribution in [0.15, 0.2) is 17.0 Å². The van der Waals surface area contributed by atoms with Gasteiger partial charge in [0.1, 0.15) is 16.5 Å². The van der Waals surface area contributed by atoms with E-state index in [1.807, 2.05) is 13.8 Å². The first-order valence-electron chi connectivity index (χ1n) is 4.50. The summed E-state index contributed by atoms with van der Waals surface area (Å²) in [4.78, 5) is 0.163. The van der Waals surface area contributed by atoms with Crippen molar-refractivity contribution in [2.24, 2.45) is 5.73 Å². The first kappa shape index (κ1) is 12.0. The average Bonchev–Trinajstić information content (AvgIpc) is 2.21. The van der Waals surface area contributed by atoms with E-state index in [4.69, 9.17) is 10.5 Å². The number of hydrogen-bond acceptors (Lipinski definition) is 4. The zero-order valence-corrected chi connectivity index (χ0v) is 9.89. The van der Waals surface area contributed by atoms with Gasteiger partial charge in [-0.1, -0.05) is 0 Å². The van der Waals surface area contributed by atoms with Gasteiger partial charge in [0, 0.05) is 0 Å². The second-order valence-electron chi connectivity index (χ2n) is 3.37. The molecule has 0 fully saturated rings. The number of methoxy groups -OCH3 is 1. The van der Waals surface area contributed by atoms with Crippen LogP contribution in [0.3, 0.4) is 0 Å². The number of hydrogen-bond donors (Lipinski definition) is 1. The lowest BCUT2D eigenvalue weighted by molar-refractivity contribution is 0.402. The summed E-state index contributed by atoms with van der Waals surface area (Å²) in [6.07, 6.45) is 0. The molecule has 0 atom stereocenters. The van der Waals surface area contributed by atoms with Crippen LogP contribution in [-0.2, 0) is 9.84 Å². The van der Waals surface area contributed by atoms with Gasteiger partial charge in [0.2, 0.25) is 0 Å². The largest absolute Gasteiger partial charge is 0.495 e. The van der Waals surface area contributed by atoms with E-state index in [1.165, 1.54) is 7.11 Å². The number of nitrogens with two attached hydrogens (primary N) is 1. The van der Waals surface area contributed by atoms with E-state index in [0.717, 1.165) is 11.1 Å². The quantitative estimate of drug-likeness (QED) is 0.839. The topological polar surface area (TPSA) is 69.4 Å². The second-order valence-corrected chi connectivity index (χ2v) is 5.37. The van der Waals surface area contributed by atoms with Crippen LogP contribution in [0.2, 0.25) is 0 Å². The fourth-order valence-electron chi connectivity index (χ4n) is 1.26. The van der Waals surface area contributed by atoms with Crippen molar-refractivity contribution in [1.82, 2.24) is 0 Å². The van der Waals surface area contributed by atoms with Gasteiger partial charge in [0.25, 0.3) is 0 Å². The second kappa shape index (κ2) is 4.20. The van der Waals surface area contributed by atoms with Crippen LogP contribution in [0.5, 0.6) is 5.75 Å². The molecule has 1 rings (SSSR count). The molecular weight excluding hydrogens is 214 g/mol. The van der Waals surface area contributed by atoms with E-state index in [0.29, 0.717) is 5.75 Å². The number of sulfone groups is 1.